The largest absolute Gasteiger partial charge is 0.494 e. The number of rotatable bonds is 5. The molecule has 1 amide bonds. The van der Waals surface area contributed by atoms with Crippen LogP contribution in [-0.4, -0.2) is 35.3 Å². The number of fused-ring (bicyclic) bond motifs is 1. The van der Waals surface area contributed by atoms with Gasteiger partial charge in [-0.15, -0.1) is 0 Å². The minimum atomic E-state index is -0.818. The molecule has 0 radical (unpaired) electrons. The van der Waals surface area contributed by atoms with Crippen LogP contribution in [0, 0.1) is 10.1 Å². The quantitative estimate of drug-likeness (QED) is 0.618. The Morgan fingerprint density at radius 2 is 2.04 bits per heavy atom. The first-order valence-corrected chi connectivity index (χ1v) is 8.12. The normalized spacial score (nSPS) is 17.6. The molecule has 1 aliphatic heterocycles. The maximum absolute atomic E-state index is 12.5. The molecule has 1 unspecified atom stereocenters. The number of ether oxygens (including phenoxy) is 2. The summed E-state index contributed by atoms with van der Waals surface area (Å²) in [5.74, 6) is 0.489. The first-order chi connectivity index (χ1) is 12.8. The third kappa shape index (κ3) is 3.75. The summed E-state index contributed by atoms with van der Waals surface area (Å²) in [5, 5.41) is 22.9. The number of nitrogens with zero attached hydrogens (tertiary/aromatic N) is 1. The minimum absolute atomic E-state index is 0.0906. The van der Waals surface area contributed by atoms with Crippen LogP contribution in [0.1, 0.15) is 22.8 Å². The summed E-state index contributed by atoms with van der Waals surface area (Å²) in [6.07, 6.45) is 3.54. The number of nitrogens with one attached hydrogen (secondary N) is 1. The van der Waals surface area contributed by atoms with Gasteiger partial charge in [0.15, 0.2) is 0 Å². The molecule has 2 N–H and O–H groups in total. The van der Waals surface area contributed by atoms with Gasteiger partial charge in [0.05, 0.1) is 24.3 Å². The fourth-order valence-corrected chi connectivity index (χ4v) is 2.63. The van der Waals surface area contributed by atoms with Crippen molar-refractivity contribution in [2.75, 3.05) is 19.0 Å². The van der Waals surface area contributed by atoms with Crippen molar-refractivity contribution < 1.29 is 24.3 Å². The number of methoxy groups -OCH3 is 1. The molecule has 8 nitrogen and oxygen atoms in total. The Balaban J connectivity index is 1.87. The van der Waals surface area contributed by atoms with Crippen molar-refractivity contribution in [3.05, 3.63) is 63.7 Å². The van der Waals surface area contributed by atoms with Gasteiger partial charge in [0.25, 0.3) is 11.6 Å². The fraction of sp³-hybridized carbons (Fsp3) is 0.211. The molecule has 8 heteroatoms. The zero-order valence-corrected chi connectivity index (χ0v) is 14.8. The fourth-order valence-electron chi connectivity index (χ4n) is 2.63. The number of hydrogen-bond donors (Lipinski definition) is 2. The van der Waals surface area contributed by atoms with Crippen molar-refractivity contribution in [3.63, 3.8) is 0 Å². The highest BCUT2D eigenvalue weighted by Gasteiger charge is 2.27. The molecule has 27 heavy (non-hydrogen) atoms. The van der Waals surface area contributed by atoms with Crippen molar-refractivity contribution in [3.8, 4) is 11.5 Å². The number of nitro benzene ring substituents is 1. The van der Waals surface area contributed by atoms with Crippen LogP contribution in [0.4, 0.5) is 11.4 Å². The van der Waals surface area contributed by atoms with Crippen LogP contribution in [-0.2, 0) is 0 Å². The Labute approximate surface area is 155 Å². The van der Waals surface area contributed by atoms with Crippen LogP contribution < -0.4 is 14.8 Å². The number of carbonyl (C=O) groups excluding carboxylic acids is 1. The Morgan fingerprint density at radius 1 is 1.33 bits per heavy atom. The van der Waals surface area contributed by atoms with E-state index in [0.717, 1.165) is 5.56 Å². The Hall–Kier alpha value is -3.39. The van der Waals surface area contributed by atoms with E-state index in [9.17, 15) is 20.0 Å². The summed E-state index contributed by atoms with van der Waals surface area (Å²) in [6.45, 7) is 1.58. The molecular weight excluding hydrogens is 352 g/mol. The molecule has 0 saturated carbocycles. The number of aliphatic hydroxyl groups excluding tert-OH is 1. The summed E-state index contributed by atoms with van der Waals surface area (Å²) in [5.41, 5.74) is 0.523. The molecular formula is C19H18N2O6. The van der Waals surface area contributed by atoms with E-state index in [1.54, 1.807) is 31.2 Å². The van der Waals surface area contributed by atoms with Crippen LogP contribution in [0.3, 0.4) is 0 Å². The zero-order chi connectivity index (χ0) is 19.6. The second-order valence-corrected chi connectivity index (χ2v) is 6.25. The lowest BCUT2D eigenvalue weighted by atomic mass is 10.0. The number of carbonyl (C=O) groups is 1. The van der Waals surface area contributed by atoms with Gasteiger partial charge >= 0.3 is 0 Å². The van der Waals surface area contributed by atoms with Crippen LogP contribution in [0.25, 0.3) is 6.08 Å². The molecule has 1 atom stereocenters. The summed E-state index contributed by atoms with van der Waals surface area (Å²) in [4.78, 5) is 22.7. The van der Waals surface area contributed by atoms with E-state index < -0.39 is 16.4 Å². The average Bonchev–Trinajstić information content (AvgIpc) is 2.67. The number of benzene rings is 2. The molecule has 0 spiro atoms. The van der Waals surface area contributed by atoms with E-state index in [1.165, 1.54) is 31.4 Å². The highest BCUT2D eigenvalue weighted by Crippen LogP contribution is 2.38. The predicted molar refractivity (Wildman–Crippen MR) is 99.2 cm³/mol. The van der Waals surface area contributed by atoms with Crippen molar-refractivity contribution >= 4 is 23.4 Å². The number of hydrogen-bond acceptors (Lipinski definition) is 6. The second kappa shape index (κ2) is 7.08. The van der Waals surface area contributed by atoms with Gasteiger partial charge in [-0.2, -0.15) is 0 Å². The molecule has 1 heterocycles. The first kappa shape index (κ1) is 18.4. The molecule has 2 aromatic rings. The molecule has 0 aliphatic carbocycles. The lowest BCUT2D eigenvalue weighted by molar-refractivity contribution is -0.384. The van der Waals surface area contributed by atoms with Gasteiger partial charge in [-0.05, 0) is 31.2 Å². The summed E-state index contributed by atoms with van der Waals surface area (Å²) < 4.78 is 11.1. The third-order valence-electron chi connectivity index (χ3n) is 4.19. The molecule has 0 bridgehead atoms. The van der Waals surface area contributed by atoms with E-state index in [2.05, 4.69) is 5.32 Å². The summed E-state index contributed by atoms with van der Waals surface area (Å²) in [7, 11) is 1.47. The lowest BCUT2D eigenvalue weighted by Crippen LogP contribution is -2.35. The number of amides is 1. The number of non-ortho nitro benzene ring substituents is 1. The van der Waals surface area contributed by atoms with Crippen molar-refractivity contribution in [1.29, 1.82) is 0 Å². The molecule has 0 fully saturated rings. The van der Waals surface area contributed by atoms with Gasteiger partial charge in [-0.3, -0.25) is 14.9 Å². The lowest BCUT2D eigenvalue weighted by Gasteiger charge is -2.30. The molecule has 0 aromatic heterocycles. The van der Waals surface area contributed by atoms with Crippen molar-refractivity contribution in [2.24, 2.45) is 0 Å². The van der Waals surface area contributed by atoms with Crippen molar-refractivity contribution in [1.82, 2.24) is 0 Å². The highest BCUT2D eigenvalue weighted by molar-refractivity contribution is 6.05. The standard InChI is InChI=1S/C19H18N2O6/c1-19(11-22)8-7-13-9-15(17(26-2)10-16(13)27-19)20-18(23)12-3-5-14(6-4-12)21(24)25/h3-10,22H,11H2,1-2H3,(H,20,23). The van der Waals surface area contributed by atoms with Gasteiger partial charge in [-0.25, -0.2) is 0 Å². The number of anilines is 1. The van der Waals surface area contributed by atoms with Crippen LogP contribution in [0.2, 0.25) is 0 Å². The van der Waals surface area contributed by atoms with Gasteiger partial charge < -0.3 is 19.9 Å². The molecule has 0 saturated heterocycles. The third-order valence-corrected chi connectivity index (χ3v) is 4.19. The van der Waals surface area contributed by atoms with E-state index in [1.807, 2.05) is 0 Å². The topological polar surface area (TPSA) is 111 Å². The van der Waals surface area contributed by atoms with E-state index >= 15 is 0 Å². The van der Waals surface area contributed by atoms with E-state index in [0.29, 0.717) is 17.2 Å². The maximum Gasteiger partial charge on any atom is 0.269 e. The van der Waals surface area contributed by atoms with Gasteiger partial charge in [0.2, 0.25) is 0 Å². The summed E-state index contributed by atoms with van der Waals surface area (Å²) in [6, 6.07) is 8.64. The van der Waals surface area contributed by atoms with E-state index in [-0.39, 0.29) is 17.9 Å². The van der Waals surface area contributed by atoms with Gasteiger partial charge in [0.1, 0.15) is 17.1 Å². The van der Waals surface area contributed by atoms with Crippen LogP contribution >= 0.6 is 0 Å². The molecule has 2 aromatic carbocycles. The molecule has 1 aliphatic rings. The van der Waals surface area contributed by atoms with Gasteiger partial charge in [0, 0.05) is 29.3 Å². The highest BCUT2D eigenvalue weighted by atomic mass is 16.6. The zero-order valence-electron chi connectivity index (χ0n) is 14.8. The van der Waals surface area contributed by atoms with Gasteiger partial charge in [-0.1, -0.05) is 6.08 Å². The Kier molecular flexibility index (Phi) is 4.83. The maximum atomic E-state index is 12.5. The molecule has 3 rings (SSSR count). The minimum Gasteiger partial charge on any atom is -0.494 e. The monoisotopic (exact) mass is 370 g/mol. The van der Waals surface area contributed by atoms with Crippen LogP contribution in [0.5, 0.6) is 11.5 Å². The average molecular weight is 370 g/mol. The summed E-state index contributed by atoms with van der Waals surface area (Å²) >= 11 is 0. The SMILES string of the molecule is COc1cc2c(cc1NC(=O)c1ccc([N+](=O)[O-])cc1)C=CC(C)(CO)O2. The Morgan fingerprint density at radius 3 is 2.63 bits per heavy atom. The smallest absolute Gasteiger partial charge is 0.269 e. The Bertz CT molecular complexity index is 923. The number of nitro groups is 1. The molecule has 140 valence electrons. The predicted octanol–water partition coefficient (Wildman–Crippen LogP) is 3.01. The number of aliphatic hydroxyl groups is 1. The van der Waals surface area contributed by atoms with Crippen LogP contribution in [0.15, 0.2) is 42.5 Å². The van der Waals surface area contributed by atoms with Crippen molar-refractivity contribution in [2.45, 2.75) is 12.5 Å². The van der Waals surface area contributed by atoms with E-state index in [4.69, 9.17) is 9.47 Å². The second-order valence-electron chi connectivity index (χ2n) is 6.25. The first-order valence-electron chi connectivity index (χ1n) is 8.12.